The number of ether oxygens (including phenoxy) is 3. The number of nitrogens with zero attached hydrogens (tertiary/aromatic N) is 1. The van der Waals surface area contributed by atoms with Gasteiger partial charge in [0.1, 0.15) is 5.75 Å². The topological polar surface area (TPSA) is 40.6 Å². The maximum atomic E-state index is 5.83. The van der Waals surface area contributed by atoms with Crippen molar-refractivity contribution in [2.24, 2.45) is 5.92 Å². The Bertz CT molecular complexity index is 408. The molecule has 0 N–H and O–H groups in total. The van der Waals surface area contributed by atoms with Gasteiger partial charge in [0.15, 0.2) is 5.79 Å². The van der Waals surface area contributed by atoms with E-state index in [1.54, 1.807) is 6.20 Å². The van der Waals surface area contributed by atoms with E-state index in [2.05, 4.69) is 4.98 Å². The van der Waals surface area contributed by atoms with Crippen LogP contribution in [0.15, 0.2) is 12.3 Å². The molecule has 0 aliphatic carbocycles. The lowest BCUT2D eigenvalue weighted by atomic mass is 10.1. The zero-order chi connectivity index (χ0) is 13.2. The SMILES string of the molecule is Cc1nccc(OCC2COC(C)(C)OC2)c1C. The molecule has 4 heteroatoms. The van der Waals surface area contributed by atoms with Gasteiger partial charge in [0.25, 0.3) is 0 Å². The van der Waals surface area contributed by atoms with Crippen molar-refractivity contribution >= 4 is 0 Å². The average molecular weight is 251 g/mol. The molecule has 0 saturated carbocycles. The molecular weight excluding hydrogens is 230 g/mol. The van der Waals surface area contributed by atoms with E-state index in [0.29, 0.717) is 19.8 Å². The molecule has 4 nitrogen and oxygen atoms in total. The van der Waals surface area contributed by atoms with Crippen molar-refractivity contribution in [3.8, 4) is 5.75 Å². The van der Waals surface area contributed by atoms with Crippen LogP contribution >= 0.6 is 0 Å². The zero-order valence-corrected chi connectivity index (χ0v) is 11.5. The third-order valence-corrected chi connectivity index (χ3v) is 3.21. The van der Waals surface area contributed by atoms with Gasteiger partial charge in [-0.25, -0.2) is 0 Å². The summed E-state index contributed by atoms with van der Waals surface area (Å²) in [5, 5.41) is 0. The molecule has 0 aromatic carbocycles. The molecule has 1 aliphatic rings. The number of aromatic nitrogens is 1. The van der Waals surface area contributed by atoms with E-state index in [1.165, 1.54) is 0 Å². The third-order valence-electron chi connectivity index (χ3n) is 3.21. The van der Waals surface area contributed by atoms with Crippen molar-refractivity contribution in [3.05, 3.63) is 23.5 Å². The maximum absolute atomic E-state index is 5.83. The van der Waals surface area contributed by atoms with Gasteiger partial charge in [-0.1, -0.05) is 0 Å². The number of rotatable bonds is 3. The fourth-order valence-electron chi connectivity index (χ4n) is 1.80. The van der Waals surface area contributed by atoms with Gasteiger partial charge in [-0.05, 0) is 33.8 Å². The molecule has 0 atom stereocenters. The fourth-order valence-corrected chi connectivity index (χ4v) is 1.80. The Morgan fingerprint density at radius 2 is 2.00 bits per heavy atom. The number of pyridine rings is 1. The maximum Gasteiger partial charge on any atom is 0.162 e. The van der Waals surface area contributed by atoms with Crippen LogP contribution in [-0.4, -0.2) is 30.6 Å². The predicted molar refractivity (Wildman–Crippen MR) is 68.7 cm³/mol. The molecule has 1 saturated heterocycles. The second-order valence-electron chi connectivity index (χ2n) is 5.22. The van der Waals surface area contributed by atoms with Crippen LogP contribution in [0.5, 0.6) is 5.75 Å². The van der Waals surface area contributed by atoms with Gasteiger partial charge in [0.2, 0.25) is 0 Å². The Labute approximate surface area is 108 Å². The molecule has 1 aromatic heterocycles. The molecule has 1 fully saturated rings. The van der Waals surface area contributed by atoms with Crippen LogP contribution in [-0.2, 0) is 9.47 Å². The third kappa shape index (κ3) is 3.21. The summed E-state index contributed by atoms with van der Waals surface area (Å²) in [5.41, 5.74) is 2.10. The summed E-state index contributed by atoms with van der Waals surface area (Å²) in [5.74, 6) is 0.720. The monoisotopic (exact) mass is 251 g/mol. The van der Waals surface area contributed by atoms with E-state index in [0.717, 1.165) is 17.0 Å². The first-order valence-electron chi connectivity index (χ1n) is 6.31. The van der Waals surface area contributed by atoms with Crippen molar-refractivity contribution < 1.29 is 14.2 Å². The van der Waals surface area contributed by atoms with E-state index in [4.69, 9.17) is 14.2 Å². The highest BCUT2D eigenvalue weighted by molar-refractivity contribution is 5.33. The van der Waals surface area contributed by atoms with Gasteiger partial charge >= 0.3 is 0 Å². The normalized spacial score (nSPS) is 19.8. The lowest BCUT2D eigenvalue weighted by molar-refractivity contribution is -0.264. The largest absolute Gasteiger partial charge is 0.493 e. The second kappa shape index (κ2) is 5.24. The minimum atomic E-state index is -0.459. The summed E-state index contributed by atoms with van der Waals surface area (Å²) in [6, 6.07) is 1.90. The smallest absolute Gasteiger partial charge is 0.162 e. The van der Waals surface area contributed by atoms with E-state index >= 15 is 0 Å². The Kier molecular flexibility index (Phi) is 3.88. The van der Waals surface area contributed by atoms with Crippen LogP contribution in [0.4, 0.5) is 0 Å². The van der Waals surface area contributed by atoms with Crippen molar-refractivity contribution in [3.63, 3.8) is 0 Å². The number of hydrogen-bond acceptors (Lipinski definition) is 4. The lowest BCUT2D eigenvalue weighted by Crippen LogP contribution is -2.41. The van der Waals surface area contributed by atoms with Gasteiger partial charge in [0.05, 0.1) is 19.8 Å². The van der Waals surface area contributed by atoms with Crippen LogP contribution in [0.25, 0.3) is 0 Å². The standard InChI is InChI=1S/C14H21NO3/c1-10-11(2)15-6-5-13(10)16-7-12-8-17-14(3,4)18-9-12/h5-6,12H,7-9H2,1-4H3. The fraction of sp³-hybridized carbons (Fsp3) is 0.643. The molecule has 0 spiro atoms. The Balaban J connectivity index is 1.87. The average Bonchev–Trinajstić information content (AvgIpc) is 2.33. The molecule has 2 heterocycles. The number of aryl methyl sites for hydroxylation is 1. The van der Waals surface area contributed by atoms with E-state index in [9.17, 15) is 0 Å². The molecular formula is C14H21NO3. The molecule has 100 valence electrons. The summed E-state index contributed by atoms with van der Waals surface area (Å²) in [6.07, 6.45) is 1.77. The van der Waals surface area contributed by atoms with Crippen molar-refractivity contribution in [1.82, 2.24) is 4.98 Å². The van der Waals surface area contributed by atoms with Crippen LogP contribution in [0, 0.1) is 19.8 Å². The molecule has 18 heavy (non-hydrogen) atoms. The van der Waals surface area contributed by atoms with Crippen molar-refractivity contribution in [1.29, 1.82) is 0 Å². The summed E-state index contributed by atoms with van der Waals surface area (Å²) in [7, 11) is 0. The highest BCUT2D eigenvalue weighted by Crippen LogP contribution is 2.23. The predicted octanol–water partition coefficient (Wildman–Crippen LogP) is 2.48. The summed E-state index contributed by atoms with van der Waals surface area (Å²) >= 11 is 0. The Morgan fingerprint density at radius 1 is 1.33 bits per heavy atom. The molecule has 0 unspecified atom stereocenters. The molecule has 1 aromatic rings. The molecule has 2 rings (SSSR count). The Hall–Kier alpha value is -1.13. The quantitative estimate of drug-likeness (QED) is 0.827. The minimum Gasteiger partial charge on any atom is -0.493 e. The Morgan fingerprint density at radius 3 is 2.67 bits per heavy atom. The first-order valence-corrected chi connectivity index (χ1v) is 6.31. The summed E-state index contributed by atoms with van der Waals surface area (Å²) < 4.78 is 17.0. The van der Waals surface area contributed by atoms with Crippen LogP contribution in [0.1, 0.15) is 25.1 Å². The van der Waals surface area contributed by atoms with Crippen molar-refractivity contribution in [2.45, 2.75) is 33.5 Å². The van der Waals surface area contributed by atoms with Gasteiger partial charge in [-0.2, -0.15) is 0 Å². The van der Waals surface area contributed by atoms with Gasteiger partial charge in [-0.3, -0.25) is 4.98 Å². The molecule has 0 bridgehead atoms. The summed E-state index contributed by atoms with van der Waals surface area (Å²) in [6.45, 7) is 9.83. The highest BCUT2D eigenvalue weighted by atomic mass is 16.7. The number of hydrogen-bond donors (Lipinski definition) is 0. The van der Waals surface area contributed by atoms with Crippen LogP contribution in [0.3, 0.4) is 0 Å². The van der Waals surface area contributed by atoms with Gasteiger partial charge in [0, 0.05) is 23.4 Å². The first-order chi connectivity index (χ1) is 8.48. The summed E-state index contributed by atoms with van der Waals surface area (Å²) in [4.78, 5) is 4.22. The molecule has 0 amide bonds. The van der Waals surface area contributed by atoms with Gasteiger partial charge < -0.3 is 14.2 Å². The second-order valence-corrected chi connectivity index (χ2v) is 5.22. The molecule has 1 aliphatic heterocycles. The lowest BCUT2D eigenvalue weighted by Gasteiger charge is -2.34. The van der Waals surface area contributed by atoms with E-state index in [-0.39, 0.29) is 5.92 Å². The zero-order valence-electron chi connectivity index (χ0n) is 11.5. The van der Waals surface area contributed by atoms with E-state index in [1.807, 2.05) is 33.8 Å². The molecule has 0 radical (unpaired) electrons. The van der Waals surface area contributed by atoms with Crippen molar-refractivity contribution in [2.75, 3.05) is 19.8 Å². The highest BCUT2D eigenvalue weighted by Gasteiger charge is 2.28. The van der Waals surface area contributed by atoms with Gasteiger partial charge in [-0.15, -0.1) is 0 Å². The van der Waals surface area contributed by atoms with Crippen LogP contribution < -0.4 is 4.74 Å². The van der Waals surface area contributed by atoms with E-state index < -0.39 is 5.79 Å². The minimum absolute atomic E-state index is 0.283. The first kappa shape index (κ1) is 13.3. The van der Waals surface area contributed by atoms with Crippen LogP contribution in [0.2, 0.25) is 0 Å².